The average Bonchev–Trinajstić information content (AvgIpc) is 2.25. The molecular weight excluding hydrogens is 240 g/mol. The molecule has 0 aromatic carbocycles. The Bertz CT molecular complexity index is 381. The molecule has 3 nitrogen and oxygen atoms in total. The van der Waals surface area contributed by atoms with Crippen LogP contribution in [-0.4, -0.2) is 24.1 Å². The maximum Gasteiger partial charge on any atom is 0.272 e. The highest BCUT2D eigenvalue weighted by atomic mass is 19.3. The molecule has 102 valence electrons. The lowest BCUT2D eigenvalue weighted by molar-refractivity contribution is 0.0782. The summed E-state index contributed by atoms with van der Waals surface area (Å²) in [6, 6.07) is 3.53. The Kier molecular flexibility index (Phi) is 5.31. The lowest BCUT2D eigenvalue weighted by Crippen LogP contribution is -2.12. The van der Waals surface area contributed by atoms with Crippen LogP contribution in [0.25, 0.3) is 0 Å². The second-order valence-electron chi connectivity index (χ2n) is 4.57. The third-order valence-corrected chi connectivity index (χ3v) is 2.19. The molecule has 0 aliphatic heterocycles. The van der Waals surface area contributed by atoms with Crippen molar-refractivity contribution in [2.75, 3.05) is 6.61 Å². The molecule has 0 saturated carbocycles. The van der Waals surface area contributed by atoms with Crippen LogP contribution in [0, 0.1) is 0 Å². The summed E-state index contributed by atoms with van der Waals surface area (Å²) in [5.74, 6) is 0.764. The van der Waals surface area contributed by atoms with E-state index in [1.54, 1.807) is 12.1 Å². The summed E-state index contributed by atoms with van der Waals surface area (Å²) in [5, 5.41) is 0. The van der Waals surface area contributed by atoms with Gasteiger partial charge >= 0.3 is 0 Å². The van der Waals surface area contributed by atoms with E-state index in [9.17, 15) is 8.78 Å². The molecule has 1 heterocycles. The Morgan fingerprint density at radius 2 is 1.83 bits per heavy atom. The van der Waals surface area contributed by atoms with Crippen LogP contribution in [0.3, 0.4) is 0 Å². The van der Waals surface area contributed by atoms with Crippen LogP contribution in [0.5, 0.6) is 11.8 Å². The van der Waals surface area contributed by atoms with Crippen molar-refractivity contribution in [2.24, 2.45) is 0 Å². The smallest absolute Gasteiger partial charge is 0.272 e. The maximum absolute atomic E-state index is 12.2. The quantitative estimate of drug-likeness (QED) is 0.781. The van der Waals surface area contributed by atoms with E-state index in [0.29, 0.717) is 5.88 Å². The highest BCUT2D eigenvalue weighted by Gasteiger charge is 2.14. The van der Waals surface area contributed by atoms with Gasteiger partial charge in [0.1, 0.15) is 0 Å². The zero-order chi connectivity index (χ0) is 13.7. The Balaban J connectivity index is 2.92. The fraction of sp³-hybridized carbons (Fsp3) is 0.615. The number of hydrogen-bond donors (Lipinski definition) is 0. The van der Waals surface area contributed by atoms with Crippen molar-refractivity contribution in [3.63, 3.8) is 0 Å². The number of aromatic nitrogens is 1. The molecule has 0 aliphatic carbocycles. The fourth-order valence-electron chi connectivity index (χ4n) is 1.44. The van der Waals surface area contributed by atoms with Crippen LogP contribution in [0.15, 0.2) is 12.1 Å². The number of ether oxygens (including phenoxy) is 2. The molecule has 18 heavy (non-hydrogen) atoms. The molecule has 0 amide bonds. The van der Waals surface area contributed by atoms with Crippen molar-refractivity contribution in [1.82, 2.24) is 4.98 Å². The highest BCUT2D eigenvalue weighted by Crippen LogP contribution is 2.27. The highest BCUT2D eigenvalue weighted by molar-refractivity contribution is 5.33. The predicted molar refractivity (Wildman–Crippen MR) is 65.6 cm³/mol. The van der Waals surface area contributed by atoms with E-state index in [1.165, 1.54) is 0 Å². The van der Waals surface area contributed by atoms with Crippen LogP contribution < -0.4 is 9.47 Å². The van der Waals surface area contributed by atoms with Crippen molar-refractivity contribution in [3.8, 4) is 11.8 Å². The molecule has 0 saturated heterocycles. The first-order chi connectivity index (χ1) is 8.40. The van der Waals surface area contributed by atoms with Crippen LogP contribution in [-0.2, 0) is 0 Å². The average molecular weight is 259 g/mol. The van der Waals surface area contributed by atoms with E-state index >= 15 is 0 Å². The molecule has 1 aromatic rings. The summed E-state index contributed by atoms with van der Waals surface area (Å²) < 4.78 is 34.8. The minimum atomic E-state index is -2.51. The largest absolute Gasteiger partial charge is 0.475 e. The number of alkyl halides is 2. The number of pyridine rings is 1. The summed E-state index contributed by atoms with van der Waals surface area (Å²) >= 11 is 0. The standard InChI is InChI=1S/C13H19F2NO2/c1-8(2)10-5-6-12(18-9(3)4)16-13(10)17-7-11(14)15/h5-6,8-9,11H,7H2,1-4H3. The summed E-state index contributed by atoms with van der Waals surface area (Å²) in [6.45, 7) is 7.00. The van der Waals surface area contributed by atoms with Crippen molar-refractivity contribution >= 4 is 0 Å². The molecule has 0 fully saturated rings. The lowest BCUT2D eigenvalue weighted by Gasteiger charge is -2.15. The van der Waals surface area contributed by atoms with Crippen LogP contribution in [0.4, 0.5) is 8.78 Å². The van der Waals surface area contributed by atoms with Gasteiger partial charge in [-0.3, -0.25) is 0 Å². The van der Waals surface area contributed by atoms with E-state index in [2.05, 4.69) is 4.98 Å². The van der Waals surface area contributed by atoms with Gasteiger partial charge in [0.2, 0.25) is 11.8 Å². The zero-order valence-electron chi connectivity index (χ0n) is 11.1. The normalized spacial score (nSPS) is 11.4. The van der Waals surface area contributed by atoms with Gasteiger partial charge in [-0.05, 0) is 25.8 Å². The Morgan fingerprint density at radius 3 is 2.33 bits per heavy atom. The van der Waals surface area contributed by atoms with Gasteiger partial charge in [0.15, 0.2) is 6.61 Å². The molecular formula is C13H19F2NO2. The number of nitrogens with zero attached hydrogens (tertiary/aromatic N) is 1. The van der Waals surface area contributed by atoms with Gasteiger partial charge in [-0.1, -0.05) is 13.8 Å². The Hall–Kier alpha value is -1.39. The number of hydrogen-bond acceptors (Lipinski definition) is 3. The lowest BCUT2D eigenvalue weighted by atomic mass is 10.1. The van der Waals surface area contributed by atoms with Gasteiger partial charge in [0, 0.05) is 11.6 Å². The molecule has 5 heteroatoms. The molecule has 0 aliphatic rings. The first-order valence-electron chi connectivity index (χ1n) is 5.98. The molecule has 1 aromatic heterocycles. The van der Waals surface area contributed by atoms with Crippen molar-refractivity contribution < 1.29 is 18.3 Å². The Labute approximate surface area is 106 Å². The minimum absolute atomic E-state index is 0.0228. The summed E-state index contributed by atoms with van der Waals surface area (Å²) in [4.78, 5) is 4.13. The van der Waals surface area contributed by atoms with Crippen LogP contribution in [0.2, 0.25) is 0 Å². The predicted octanol–water partition coefficient (Wildman–Crippen LogP) is 3.64. The van der Waals surface area contributed by atoms with Crippen molar-refractivity contribution in [1.29, 1.82) is 0 Å². The number of rotatable bonds is 6. The third kappa shape index (κ3) is 4.47. The first-order valence-corrected chi connectivity index (χ1v) is 5.98. The van der Waals surface area contributed by atoms with Gasteiger partial charge in [-0.25, -0.2) is 8.78 Å². The maximum atomic E-state index is 12.2. The van der Waals surface area contributed by atoms with E-state index in [-0.39, 0.29) is 17.9 Å². The van der Waals surface area contributed by atoms with Crippen LogP contribution >= 0.6 is 0 Å². The van der Waals surface area contributed by atoms with E-state index in [1.807, 2.05) is 27.7 Å². The summed E-state index contributed by atoms with van der Waals surface area (Å²) in [6.07, 6.45) is -2.54. The van der Waals surface area contributed by atoms with Crippen LogP contribution in [0.1, 0.15) is 39.2 Å². The van der Waals surface area contributed by atoms with Crippen molar-refractivity contribution in [2.45, 2.75) is 46.1 Å². The zero-order valence-corrected chi connectivity index (χ0v) is 11.1. The molecule has 0 atom stereocenters. The van der Waals surface area contributed by atoms with Gasteiger partial charge < -0.3 is 9.47 Å². The third-order valence-electron chi connectivity index (χ3n) is 2.19. The van der Waals surface area contributed by atoms with E-state index in [4.69, 9.17) is 9.47 Å². The van der Waals surface area contributed by atoms with Crippen molar-refractivity contribution in [3.05, 3.63) is 17.7 Å². The number of halogens is 2. The topological polar surface area (TPSA) is 31.4 Å². The van der Waals surface area contributed by atoms with E-state index < -0.39 is 13.0 Å². The van der Waals surface area contributed by atoms with Gasteiger partial charge in [-0.2, -0.15) is 4.98 Å². The molecule has 0 N–H and O–H groups in total. The monoisotopic (exact) mass is 259 g/mol. The van der Waals surface area contributed by atoms with Gasteiger partial charge in [-0.15, -0.1) is 0 Å². The fourth-order valence-corrected chi connectivity index (χ4v) is 1.44. The first kappa shape index (κ1) is 14.7. The minimum Gasteiger partial charge on any atom is -0.475 e. The van der Waals surface area contributed by atoms with Gasteiger partial charge in [0.05, 0.1) is 6.10 Å². The molecule has 0 bridgehead atoms. The Morgan fingerprint density at radius 1 is 1.17 bits per heavy atom. The molecule has 0 radical (unpaired) electrons. The second kappa shape index (κ2) is 6.52. The van der Waals surface area contributed by atoms with E-state index in [0.717, 1.165) is 5.56 Å². The second-order valence-corrected chi connectivity index (χ2v) is 4.57. The molecule has 0 unspecified atom stereocenters. The SMILES string of the molecule is CC(C)Oc1ccc(C(C)C)c(OCC(F)F)n1. The molecule has 0 spiro atoms. The summed E-state index contributed by atoms with van der Waals surface area (Å²) in [7, 11) is 0. The molecule has 1 rings (SSSR count). The summed E-state index contributed by atoms with van der Waals surface area (Å²) in [5.41, 5.74) is 0.798. The van der Waals surface area contributed by atoms with Gasteiger partial charge in [0.25, 0.3) is 6.43 Å².